The van der Waals surface area contributed by atoms with E-state index in [0.29, 0.717) is 25.0 Å². The Labute approximate surface area is 144 Å². The van der Waals surface area contributed by atoms with Crippen LogP contribution in [0.5, 0.6) is 5.75 Å². The van der Waals surface area contributed by atoms with Crippen LogP contribution in [0.25, 0.3) is 0 Å². The maximum atomic E-state index is 12.6. The lowest BCUT2D eigenvalue weighted by molar-refractivity contribution is 0.0721. The zero-order valence-corrected chi connectivity index (χ0v) is 15.3. The summed E-state index contributed by atoms with van der Waals surface area (Å²) in [6.45, 7) is 2.84. The van der Waals surface area contributed by atoms with E-state index in [1.165, 1.54) is 0 Å². The first-order chi connectivity index (χ1) is 11.4. The highest BCUT2D eigenvalue weighted by Gasteiger charge is 2.28. The normalized spacial score (nSPS) is 17.4. The summed E-state index contributed by atoms with van der Waals surface area (Å²) in [6.07, 6.45) is 4.38. The van der Waals surface area contributed by atoms with E-state index in [4.69, 9.17) is 4.74 Å². The Morgan fingerprint density at radius 1 is 1.17 bits per heavy atom. The quantitative estimate of drug-likeness (QED) is 0.707. The predicted molar refractivity (Wildman–Crippen MR) is 95.2 cm³/mol. The van der Waals surface area contributed by atoms with E-state index >= 15 is 0 Å². The van der Waals surface area contributed by atoms with E-state index in [1.54, 1.807) is 24.1 Å². The molecule has 1 fully saturated rings. The van der Waals surface area contributed by atoms with Crippen LogP contribution in [0, 0.1) is 0 Å². The molecule has 0 unspecified atom stereocenters. The first-order valence-corrected chi connectivity index (χ1v) is 10.5. The van der Waals surface area contributed by atoms with Crippen molar-refractivity contribution in [3.63, 3.8) is 0 Å². The molecule has 1 aliphatic heterocycles. The second-order valence-corrected chi connectivity index (χ2v) is 8.68. The number of benzene rings is 1. The largest absolute Gasteiger partial charge is 0.494 e. The number of hydrogen-bond donors (Lipinski definition) is 0. The maximum Gasteiger partial charge on any atom is 0.253 e. The molecule has 1 heterocycles. The fourth-order valence-electron chi connectivity index (χ4n) is 2.87. The van der Waals surface area contributed by atoms with E-state index in [-0.39, 0.29) is 23.5 Å². The molecule has 0 aliphatic carbocycles. The van der Waals surface area contributed by atoms with Crippen LogP contribution in [-0.2, 0) is 9.84 Å². The Balaban J connectivity index is 1.89. The Morgan fingerprint density at radius 3 is 2.38 bits per heavy atom. The summed E-state index contributed by atoms with van der Waals surface area (Å²) in [7, 11) is -1.16. The minimum absolute atomic E-state index is 0.00834. The molecule has 5 nitrogen and oxygen atoms in total. The van der Waals surface area contributed by atoms with E-state index in [9.17, 15) is 13.2 Å². The van der Waals surface area contributed by atoms with Gasteiger partial charge in [0.15, 0.2) is 0 Å². The molecular weight excluding hydrogens is 326 g/mol. The van der Waals surface area contributed by atoms with Crippen LogP contribution in [0.1, 0.15) is 49.4 Å². The number of carbonyl (C=O) groups excluding carboxylic acids is 1. The van der Waals surface area contributed by atoms with Crippen molar-refractivity contribution in [3.8, 4) is 5.75 Å². The molecule has 0 N–H and O–H groups in total. The third-order valence-electron chi connectivity index (χ3n) is 4.51. The minimum Gasteiger partial charge on any atom is -0.494 e. The zero-order chi connectivity index (χ0) is 17.6. The highest BCUT2D eigenvalue weighted by atomic mass is 32.2. The first kappa shape index (κ1) is 18.8. The standard InChI is InChI=1S/C18H27NO4S/c1-3-4-5-12-23-17-8-6-15(7-9-17)18(20)19(2)16-10-13-24(21,22)14-11-16/h6-9,16H,3-5,10-14H2,1-2H3. The molecule has 1 aromatic carbocycles. The summed E-state index contributed by atoms with van der Waals surface area (Å²) in [5.41, 5.74) is 0.604. The van der Waals surface area contributed by atoms with Gasteiger partial charge in [0.25, 0.3) is 5.91 Å². The molecule has 0 bridgehead atoms. The number of unbranched alkanes of at least 4 members (excludes halogenated alkanes) is 2. The van der Waals surface area contributed by atoms with Gasteiger partial charge in [-0.25, -0.2) is 8.42 Å². The summed E-state index contributed by atoms with van der Waals surface area (Å²) in [6, 6.07) is 7.17. The van der Waals surface area contributed by atoms with Gasteiger partial charge in [-0.2, -0.15) is 0 Å². The maximum absolute atomic E-state index is 12.6. The van der Waals surface area contributed by atoms with E-state index in [0.717, 1.165) is 25.0 Å². The minimum atomic E-state index is -2.91. The van der Waals surface area contributed by atoms with Gasteiger partial charge in [-0.3, -0.25) is 4.79 Å². The van der Waals surface area contributed by atoms with Crippen molar-refractivity contribution in [1.82, 2.24) is 4.90 Å². The van der Waals surface area contributed by atoms with Gasteiger partial charge in [-0.15, -0.1) is 0 Å². The molecule has 24 heavy (non-hydrogen) atoms. The second-order valence-electron chi connectivity index (χ2n) is 6.38. The van der Waals surface area contributed by atoms with Crippen LogP contribution in [0.2, 0.25) is 0 Å². The Bertz CT molecular complexity index is 625. The number of nitrogens with zero attached hydrogens (tertiary/aromatic N) is 1. The van der Waals surface area contributed by atoms with Crippen molar-refractivity contribution in [2.75, 3.05) is 25.2 Å². The highest BCUT2D eigenvalue weighted by molar-refractivity contribution is 7.91. The third-order valence-corrected chi connectivity index (χ3v) is 6.23. The van der Waals surface area contributed by atoms with Crippen LogP contribution in [0.15, 0.2) is 24.3 Å². The summed E-state index contributed by atoms with van der Waals surface area (Å²) in [5.74, 6) is 1.03. The van der Waals surface area contributed by atoms with Crippen LogP contribution in [0.4, 0.5) is 0 Å². The molecule has 134 valence electrons. The van der Waals surface area contributed by atoms with E-state index in [1.807, 2.05) is 12.1 Å². The van der Waals surface area contributed by atoms with E-state index in [2.05, 4.69) is 6.92 Å². The molecule has 6 heteroatoms. The van der Waals surface area contributed by atoms with Gasteiger partial charge in [0.1, 0.15) is 15.6 Å². The van der Waals surface area contributed by atoms with Crippen molar-refractivity contribution in [3.05, 3.63) is 29.8 Å². The molecule has 0 saturated carbocycles. The Hall–Kier alpha value is -1.56. The monoisotopic (exact) mass is 353 g/mol. The molecule has 1 aromatic rings. The summed E-state index contributed by atoms with van der Waals surface area (Å²) in [5, 5.41) is 0. The lowest BCUT2D eigenvalue weighted by Gasteiger charge is -2.31. The third kappa shape index (κ3) is 5.23. The predicted octanol–water partition coefficient (Wildman–Crippen LogP) is 2.90. The average Bonchev–Trinajstić information content (AvgIpc) is 2.58. The molecule has 0 radical (unpaired) electrons. The Kier molecular flexibility index (Phi) is 6.66. The molecule has 0 aromatic heterocycles. The van der Waals surface area contributed by atoms with Crippen LogP contribution in [-0.4, -0.2) is 50.4 Å². The van der Waals surface area contributed by atoms with Crippen molar-refractivity contribution >= 4 is 15.7 Å². The molecule has 2 rings (SSSR count). The van der Waals surface area contributed by atoms with Crippen LogP contribution in [0.3, 0.4) is 0 Å². The van der Waals surface area contributed by atoms with Gasteiger partial charge >= 0.3 is 0 Å². The second kappa shape index (κ2) is 8.51. The van der Waals surface area contributed by atoms with Gasteiger partial charge < -0.3 is 9.64 Å². The van der Waals surface area contributed by atoms with Gasteiger partial charge in [-0.05, 0) is 43.5 Å². The fourth-order valence-corrected chi connectivity index (χ4v) is 4.34. The molecular formula is C18H27NO4S. The SMILES string of the molecule is CCCCCOc1ccc(C(=O)N(C)C2CCS(=O)(=O)CC2)cc1. The van der Waals surface area contributed by atoms with Gasteiger partial charge in [0.2, 0.25) is 0 Å². The highest BCUT2D eigenvalue weighted by Crippen LogP contribution is 2.20. The lowest BCUT2D eigenvalue weighted by Crippen LogP contribution is -2.42. The first-order valence-electron chi connectivity index (χ1n) is 8.63. The van der Waals surface area contributed by atoms with Gasteiger partial charge in [-0.1, -0.05) is 19.8 Å². The Morgan fingerprint density at radius 2 is 1.79 bits per heavy atom. The number of amides is 1. The summed E-state index contributed by atoms with van der Waals surface area (Å²) >= 11 is 0. The molecule has 1 aliphatic rings. The fraction of sp³-hybridized carbons (Fsp3) is 0.611. The topological polar surface area (TPSA) is 63.7 Å². The van der Waals surface area contributed by atoms with Crippen molar-refractivity contribution < 1.29 is 17.9 Å². The summed E-state index contributed by atoms with van der Waals surface area (Å²) in [4.78, 5) is 14.2. The van der Waals surface area contributed by atoms with Gasteiger partial charge in [0, 0.05) is 18.7 Å². The van der Waals surface area contributed by atoms with Crippen molar-refractivity contribution in [2.24, 2.45) is 0 Å². The number of rotatable bonds is 7. The average molecular weight is 353 g/mol. The van der Waals surface area contributed by atoms with Crippen LogP contribution < -0.4 is 4.74 Å². The number of hydrogen-bond acceptors (Lipinski definition) is 4. The smallest absolute Gasteiger partial charge is 0.253 e. The van der Waals surface area contributed by atoms with Crippen LogP contribution >= 0.6 is 0 Å². The van der Waals surface area contributed by atoms with Crippen molar-refractivity contribution in [1.29, 1.82) is 0 Å². The molecule has 1 saturated heterocycles. The number of ether oxygens (including phenoxy) is 1. The van der Waals surface area contributed by atoms with Crippen molar-refractivity contribution in [2.45, 2.75) is 45.1 Å². The number of sulfone groups is 1. The molecule has 0 spiro atoms. The van der Waals surface area contributed by atoms with Gasteiger partial charge in [0.05, 0.1) is 18.1 Å². The molecule has 0 atom stereocenters. The number of carbonyl (C=O) groups is 1. The zero-order valence-electron chi connectivity index (χ0n) is 14.5. The van der Waals surface area contributed by atoms with E-state index < -0.39 is 9.84 Å². The summed E-state index contributed by atoms with van der Waals surface area (Å²) < 4.78 is 28.7. The lowest BCUT2D eigenvalue weighted by atomic mass is 10.1. The molecule has 1 amide bonds.